The second-order valence-electron chi connectivity index (χ2n) is 5.84. The van der Waals surface area contributed by atoms with Gasteiger partial charge in [0.05, 0.1) is 19.3 Å². The first-order valence-corrected chi connectivity index (χ1v) is 7.66. The zero-order valence-corrected chi connectivity index (χ0v) is 12.5. The van der Waals surface area contributed by atoms with Crippen LogP contribution in [0.2, 0.25) is 0 Å². The summed E-state index contributed by atoms with van der Waals surface area (Å²) in [6, 6.07) is 8.72. The van der Waals surface area contributed by atoms with Gasteiger partial charge in [0.1, 0.15) is 5.75 Å². The van der Waals surface area contributed by atoms with Crippen LogP contribution in [0, 0.1) is 0 Å². The van der Waals surface area contributed by atoms with E-state index in [2.05, 4.69) is 15.5 Å². The Morgan fingerprint density at radius 1 is 1.33 bits per heavy atom. The molecular weight excluding hydrogens is 266 g/mol. The maximum absolute atomic E-state index is 12.0. The molecule has 0 aromatic heterocycles. The van der Waals surface area contributed by atoms with Crippen molar-refractivity contribution in [3.05, 3.63) is 24.3 Å². The van der Waals surface area contributed by atoms with Gasteiger partial charge in [0.25, 0.3) is 0 Å². The third-order valence-corrected chi connectivity index (χ3v) is 4.22. The number of nitrogens with zero attached hydrogens (tertiary/aromatic N) is 1. The number of benzene rings is 1. The molecule has 1 unspecified atom stereocenters. The van der Waals surface area contributed by atoms with Crippen molar-refractivity contribution in [2.45, 2.75) is 31.3 Å². The molecule has 1 amide bonds. The summed E-state index contributed by atoms with van der Waals surface area (Å²) in [6.45, 7) is 2.59. The van der Waals surface area contributed by atoms with E-state index in [4.69, 9.17) is 4.74 Å². The minimum atomic E-state index is -0.0237. The summed E-state index contributed by atoms with van der Waals surface area (Å²) >= 11 is 0. The van der Waals surface area contributed by atoms with Crippen molar-refractivity contribution in [3.63, 3.8) is 0 Å². The van der Waals surface area contributed by atoms with Crippen LogP contribution in [0.1, 0.15) is 19.3 Å². The van der Waals surface area contributed by atoms with E-state index in [1.165, 1.54) is 12.8 Å². The molecule has 1 aromatic carbocycles. The van der Waals surface area contributed by atoms with Gasteiger partial charge in [0.2, 0.25) is 5.91 Å². The molecule has 5 heteroatoms. The molecular formula is C16H23N3O2. The Morgan fingerprint density at radius 3 is 2.90 bits per heavy atom. The first-order valence-electron chi connectivity index (χ1n) is 7.66. The lowest BCUT2D eigenvalue weighted by Crippen LogP contribution is -2.38. The van der Waals surface area contributed by atoms with Crippen molar-refractivity contribution in [1.82, 2.24) is 10.2 Å². The van der Waals surface area contributed by atoms with Crippen LogP contribution >= 0.6 is 0 Å². The van der Waals surface area contributed by atoms with Crippen molar-refractivity contribution >= 4 is 11.6 Å². The van der Waals surface area contributed by atoms with E-state index in [0.717, 1.165) is 31.2 Å². The highest BCUT2D eigenvalue weighted by Crippen LogP contribution is 2.29. The number of hydrogen-bond donors (Lipinski definition) is 2. The van der Waals surface area contributed by atoms with Crippen molar-refractivity contribution in [1.29, 1.82) is 0 Å². The Morgan fingerprint density at radius 2 is 2.14 bits per heavy atom. The lowest BCUT2D eigenvalue weighted by molar-refractivity contribution is -0.115. The average Bonchev–Trinajstić information content (AvgIpc) is 3.25. The fourth-order valence-corrected chi connectivity index (χ4v) is 2.90. The molecule has 1 aliphatic heterocycles. The third-order valence-electron chi connectivity index (χ3n) is 4.22. The SMILES string of the molecule is COc1ccccc1NC(=O)CNC1CCN(C2CC2)C1. The number of rotatable bonds is 6. The topological polar surface area (TPSA) is 53.6 Å². The smallest absolute Gasteiger partial charge is 0.238 e. The van der Waals surface area contributed by atoms with Crippen molar-refractivity contribution in [2.24, 2.45) is 0 Å². The Labute approximate surface area is 125 Å². The highest BCUT2D eigenvalue weighted by atomic mass is 16.5. The molecule has 0 spiro atoms. The molecule has 2 N–H and O–H groups in total. The summed E-state index contributed by atoms with van der Waals surface area (Å²) in [4.78, 5) is 14.6. The molecule has 114 valence electrons. The second-order valence-corrected chi connectivity index (χ2v) is 5.84. The summed E-state index contributed by atoms with van der Waals surface area (Å²) in [6.07, 6.45) is 3.83. The molecule has 0 radical (unpaired) electrons. The van der Waals surface area contributed by atoms with Crippen LogP contribution in [0.25, 0.3) is 0 Å². The van der Waals surface area contributed by atoms with Gasteiger partial charge in [0, 0.05) is 25.2 Å². The first-order chi connectivity index (χ1) is 10.3. The Hall–Kier alpha value is -1.59. The third kappa shape index (κ3) is 3.74. The van der Waals surface area contributed by atoms with Gasteiger partial charge in [-0.1, -0.05) is 12.1 Å². The number of carbonyl (C=O) groups excluding carboxylic acids is 1. The van der Waals surface area contributed by atoms with E-state index in [1.807, 2.05) is 24.3 Å². The van der Waals surface area contributed by atoms with Crippen molar-refractivity contribution in [3.8, 4) is 5.75 Å². The van der Waals surface area contributed by atoms with Crippen LogP contribution in [0.3, 0.4) is 0 Å². The van der Waals surface area contributed by atoms with Crippen LogP contribution in [-0.2, 0) is 4.79 Å². The van der Waals surface area contributed by atoms with Crippen LogP contribution in [0.15, 0.2) is 24.3 Å². The molecule has 1 heterocycles. The zero-order valence-electron chi connectivity index (χ0n) is 12.5. The lowest BCUT2D eigenvalue weighted by Gasteiger charge is -2.16. The van der Waals surface area contributed by atoms with E-state index in [-0.39, 0.29) is 5.91 Å². The number of likely N-dealkylation sites (tertiary alicyclic amines) is 1. The summed E-state index contributed by atoms with van der Waals surface area (Å²) in [5, 5.41) is 6.25. The highest BCUT2D eigenvalue weighted by Gasteiger charge is 2.34. The van der Waals surface area contributed by atoms with Crippen LogP contribution in [-0.4, -0.2) is 49.6 Å². The van der Waals surface area contributed by atoms with Gasteiger partial charge in [0.15, 0.2) is 0 Å². The molecule has 1 aliphatic carbocycles. The second kappa shape index (κ2) is 6.45. The number of ether oxygens (including phenoxy) is 1. The predicted octanol–water partition coefficient (Wildman–Crippen LogP) is 1.46. The van der Waals surface area contributed by atoms with Gasteiger partial charge >= 0.3 is 0 Å². The Kier molecular flexibility index (Phi) is 4.41. The minimum absolute atomic E-state index is 0.0237. The number of amides is 1. The highest BCUT2D eigenvalue weighted by molar-refractivity contribution is 5.93. The number of anilines is 1. The van der Waals surface area contributed by atoms with E-state index in [9.17, 15) is 4.79 Å². The van der Waals surface area contributed by atoms with Gasteiger partial charge in [-0.2, -0.15) is 0 Å². The summed E-state index contributed by atoms with van der Waals surface area (Å²) in [7, 11) is 1.61. The molecule has 1 saturated carbocycles. The van der Waals surface area contributed by atoms with Crippen molar-refractivity contribution < 1.29 is 9.53 Å². The fraction of sp³-hybridized carbons (Fsp3) is 0.562. The van der Waals surface area contributed by atoms with Crippen LogP contribution in [0.4, 0.5) is 5.69 Å². The normalized spacial score (nSPS) is 22.2. The Balaban J connectivity index is 1.44. The molecule has 21 heavy (non-hydrogen) atoms. The number of carbonyl (C=O) groups is 1. The molecule has 0 bridgehead atoms. The van der Waals surface area contributed by atoms with E-state index < -0.39 is 0 Å². The molecule has 2 aliphatic rings. The molecule has 1 saturated heterocycles. The summed E-state index contributed by atoms with van der Waals surface area (Å²) in [5.74, 6) is 0.663. The molecule has 2 fully saturated rings. The lowest BCUT2D eigenvalue weighted by atomic mass is 10.2. The predicted molar refractivity (Wildman–Crippen MR) is 82.6 cm³/mol. The molecule has 3 rings (SSSR count). The Bertz CT molecular complexity index is 502. The van der Waals surface area contributed by atoms with E-state index >= 15 is 0 Å². The van der Waals surface area contributed by atoms with Crippen molar-refractivity contribution in [2.75, 3.05) is 32.1 Å². The van der Waals surface area contributed by atoms with Crippen LogP contribution < -0.4 is 15.4 Å². The summed E-state index contributed by atoms with van der Waals surface area (Å²) < 4.78 is 5.23. The number of methoxy groups -OCH3 is 1. The molecule has 1 aromatic rings. The molecule has 5 nitrogen and oxygen atoms in total. The summed E-state index contributed by atoms with van der Waals surface area (Å²) in [5.41, 5.74) is 0.720. The first kappa shape index (κ1) is 14.4. The zero-order chi connectivity index (χ0) is 14.7. The standard InChI is InChI=1S/C16H23N3O2/c1-21-15-5-3-2-4-14(15)18-16(20)10-17-12-8-9-19(11-12)13-6-7-13/h2-5,12-13,17H,6-11H2,1H3,(H,18,20). The monoisotopic (exact) mass is 289 g/mol. The van der Waals surface area contributed by atoms with Gasteiger partial charge in [-0.15, -0.1) is 0 Å². The van der Waals surface area contributed by atoms with Crippen LogP contribution in [0.5, 0.6) is 5.75 Å². The van der Waals surface area contributed by atoms with Gasteiger partial charge < -0.3 is 15.4 Å². The fourth-order valence-electron chi connectivity index (χ4n) is 2.90. The number of hydrogen-bond acceptors (Lipinski definition) is 4. The largest absolute Gasteiger partial charge is 0.495 e. The number of nitrogens with one attached hydrogen (secondary N) is 2. The van der Waals surface area contributed by atoms with Gasteiger partial charge in [-0.05, 0) is 31.4 Å². The van der Waals surface area contributed by atoms with Gasteiger partial charge in [-0.25, -0.2) is 0 Å². The van der Waals surface area contributed by atoms with Gasteiger partial charge in [-0.3, -0.25) is 9.69 Å². The quantitative estimate of drug-likeness (QED) is 0.832. The average molecular weight is 289 g/mol. The maximum atomic E-state index is 12.0. The minimum Gasteiger partial charge on any atom is -0.495 e. The van der Waals surface area contributed by atoms with E-state index in [1.54, 1.807) is 7.11 Å². The van der Waals surface area contributed by atoms with E-state index in [0.29, 0.717) is 18.3 Å². The maximum Gasteiger partial charge on any atom is 0.238 e. The number of para-hydroxylation sites is 2. The molecule has 1 atom stereocenters.